The summed E-state index contributed by atoms with van der Waals surface area (Å²) in [6.07, 6.45) is 21.5. The minimum atomic E-state index is -0.135. The van der Waals surface area contributed by atoms with Crippen LogP contribution in [0.3, 0.4) is 0 Å². The van der Waals surface area contributed by atoms with E-state index >= 15 is 0 Å². The molecule has 0 heterocycles. The van der Waals surface area contributed by atoms with E-state index in [1.165, 1.54) is 89.9 Å². The lowest BCUT2D eigenvalue weighted by Crippen LogP contribution is -2.51. The van der Waals surface area contributed by atoms with Gasteiger partial charge in [-0.3, -0.25) is 4.79 Å². The highest BCUT2D eigenvalue weighted by Gasteiger charge is 2.32. The van der Waals surface area contributed by atoms with Crippen LogP contribution in [-0.2, 0) is 4.79 Å². The number of nitrogens with zero attached hydrogens (tertiary/aromatic N) is 1. The molecule has 1 amide bonds. The third-order valence-electron chi connectivity index (χ3n) is 7.90. The molecule has 0 radical (unpaired) electrons. The van der Waals surface area contributed by atoms with Crippen LogP contribution in [0.2, 0.25) is 0 Å². The molecule has 0 bridgehead atoms. The van der Waals surface area contributed by atoms with Crippen LogP contribution in [0.15, 0.2) is 0 Å². The van der Waals surface area contributed by atoms with E-state index in [0.29, 0.717) is 18.2 Å². The topological polar surface area (TPSA) is 70.4 Å². The van der Waals surface area contributed by atoms with Gasteiger partial charge in [0.05, 0.1) is 0 Å². The highest BCUT2D eigenvalue weighted by Crippen LogP contribution is 2.24. The number of unbranched alkanes of at least 4 members (excludes halogenated alkanes) is 13. The van der Waals surface area contributed by atoms with Gasteiger partial charge >= 0.3 is 0 Å². The Bertz CT molecular complexity index is 469. The summed E-state index contributed by atoms with van der Waals surface area (Å²) in [5, 5.41) is 7.03. The lowest BCUT2D eigenvalue weighted by molar-refractivity contribution is -0.136. The number of rotatable bonds is 26. The largest absolute Gasteiger partial charge is 0.340 e. The third kappa shape index (κ3) is 19.2. The Balaban J connectivity index is 3.77. The van der Waals surface area contributed by atoms with Crippen molar-refractivity contribution in [3.63, 3.8) is 0 Å². The van der Waals surface area contributed by atoms with Gasteiger partial charge in [-0.05, 0) is 78.2 Å². The fourth-order valence-corrected chi connectivity index (χ4v) is 4.53. The van der Waals surface area contributed by atoms with E-state index in [9.17, 15) is 4.79 Å². The Morgan fingerprint density at radius 2 is 1.20 bits per heavy atom. The van der Waals surface area contributed by atoms with E-state index in [2.05, 4.69) is 38.3 Å². The number of carbonyl (C=O) groups excluding carboxylic acids is 1. The first kappa shape index (κ1) is 34.4. The monoisotopic (exact) mass is 497 g/mol. The standard InChI is InChI=1S/C30H64N4O/c1-6-7-8-9-10-11-12-13-14-15-16-17-18-22-29(35)34(5)30(3,4)28(2)27-33-25-20-19-24-32-26-21-23-31/h28,32-33H,6-27,31H2,1-5H3. The molecular formula is C30H64N4O. The van der Waals surface area contributed by atoms with Gasteiger partial charge in [0.25, 0.3) is 0 Å². The summed E-state index contributed by atoms with van der Waals surface area (Å²) in [7, 11) is 1.99. The third-order valence-corrected chi connectivity index (χ3v) is 7.90. The average molecular weight is 497 g/mol. The molecule has 35 heavy (non-hydrogen) atoms. The van der Waals surface area contributed by atoms with Crippen molar-refractivity contribution in [1.29, 1.82) is 0 Å². The quantitative estimate of drug-likeness (QED) is 0.117. The Morgan fingerprint density at radius 1 is 0.743 bits per heavy atom. The molecule has 0 aromatic carbocycles. The molecule has 1 unspecified atom stereocenters. The van der Waals surface area contributed by atoms with E-state index in [1.54, 1.807) is 0 Å². The first-order chi connectivity index (χ1) is 16.9. The van der Waals surface area contributed by atoms with Crippen LogP contribution in [0, 0.1) is 5.92 Å². The molecule has 0 saturated carbocycles. The maximum absolute atomic E-state index is 12.8. The van der Waals surface area contributed by atoms with Crippen molar-refractivity contribution in [2.75, 3.05) is 39.8 Å². The second-order valence-electron chi connectivity index (χ2n) is 11.3. The number of nitrogens with one attached hydrogen (secondary N) is 2. The maximum Gasteiger partial charge on any atom is 0.222 e. The van der Waals surface area contributed by atoms with Gasteiger partial charge in [-0.15, -0.1) is 0 Å². The lowest BCUT2D eigenvalue weighted by atomic mass is 9.87. The zero-order valence-corrected chi connectivity index (χ0v) is 24.6. The first-order valence-corrected chi connectivity index (χ1v) is 15.3. The Morgan fingerprint density at radius 3 is 1.71 bits per heavy atom. The molecule has 0 aromatic heterocycles. The van der Waals surface area contributed by atoms with Crippen LogP contribution in [0.1, 0.15) is 137 Å². The number of nitrogens with two attached hydrogens (primary N) is 1. The van der Waals surface area contributed by atoms with Crippen LogP contribution < -0.4 is 16.4 Å². The van der Waals surface area contributed by atoms with E-state index in [1.807, 2.05) is 11.9 Å². The van der Waals surface area contributed by atoms with Crippen molar-refractivity contribution >= 4 is 5.91 Å². The van der Waals surface area contributed by atoms with Crippen LogP contribution in [0.25, 0.3) is 0 Å². The van der Waals surface area contributed by atoms with Crippen LogP contribution >= 0.6 is 0 Å². The zero-order valence-electron chi connectivity index (χ0n) is 24.6. The Hall–Kier alpha value is -0.650. The summed E-state index contributed by atoms with van der Waals surface area (Å²) >= 11 is 0. The molecule has 1 atom stereocenters. The molecule has 0 saturated heterocycles. The van der Waals surface area contributed by atoms with Gasteiger partial charge in [0.1, 0.15) is 0 Å². The highest BCUT2D eigenvalue weighted by molar-refractivity contribution is 5.76. The maximum atomic E-state index is 12.8. The van der Waals surface area contributed by atoms with Crippen LogP contribution in [0.5, 0.6) is 0 Å². The van der Waals surface area contributed by atoms with Gasteiger partial charge in [0.15, 0.2) is 0 Å². The summed E-state index contributed by atoms with van der Waals surface area (Å²) in [6, 6.07) is 0. The van der Waals surface area contributed by atoms with Gasteiger partial charge in [-0.2, -0.15) is 0 Å². The van der Waals surface area contributed by atoms with Crippen molar-refractivity contribution in [2.24, 2.45) is 11.7 Å². The highest BCUT2D eigenvalue weighted by atomic mass is 16.2. The molecule has 210 valence electrons. The zero-order chi connectivity index (χ0) is 26.2. The van der Waals surface area contributed by atoms with Gasteiger partial charge < -0.3 is 21.3 Å². The normalized spacial score (nSPS) is 12.7. The molecule has 5 nitrogen and oxygen atoms in total. The van der Waals surface area contributed by atoms with Crippen molar-refractivity contribution in [1.82, 2.24) is 15.5 Å². The van der Waals surface area contributed by atoms with Crippen molar-refractivity contribution in [3.05, 3.63) is 0 Å². The molecule has 0 spiro atoms. The molecule has 0 rings (SSSR count). The predicted molar refractivity (Wildman–Crippen MR) is 155 cm³/mol. The molecule has 0 aliphatic carbocycles. The molecule has 0 fully saturated rings. The summed E-state index contributed by atoms with van der Waals surface area (Å²) in [6.45, 7) is 13.8. The number of hydrogen-bond donors (Lipinski definition) is 3. The Kier molecular flexibility index (Phi) is 23.3. The smallest absolute Gasteiger partial charge is 0.222 e. The number of carbonyl (C=O) groups is 1. The fraction of sp³-hybridized carbons (Fsp3) is 0.967. The average Bonchev–Trinajstić information content (AvgIpc) is 2.84. The second kappa shape index (κ2) is 23.7. The number of amides is 1. The van der Waals surface area contributed by atoms with Gasteiger partial charge in [-0.25, -0.2) is 0 Å². The van der Waals surface area contributed by atoms with E-state index < -0.39 is 0 Å². The van der Waals surface area contributed by atoms with Crippen molar-refractivity contribution < 1.29 is 4.79 Å². The summed E-state index contributed by atoms with van der Waals surface area (Å²) in [4.78, 5) is 14.8. The minimum absolute atomic E-state index is 0.135. The minimum Gasteiger partial charge on any atom is -0.340 e. The summed E-state index contributed by atoms with van der Waals surface area (Å²) in [5.41, 5.74) is 5.37. The molecule has 0 aromatic rings. The molecule has 4 N–H and O–H groups in total. The summed E-state index contributed by atoms with van der Waals surface area (Å²) in [5.74, 6) is 0.708. The van der Waals surface area contributed by atoms with E-state index in [-0.39, 0.29) is 5.54 Å². The van der Waals surface area contributed by atoms with Crippen molar-refractivity contribution in [3.8, 4) is 0 Å². The van der Waals surface area contributed by atoms with Gasteiger partial charge in [0.2, 0.25) is 5.91 Å². The van der Waals surface area contributed by atoms with Crippen LogP contribution in [-0.4, -0.2) is 56.1 Å². The Labute approximate surface area is 220 Å². The van der Waals surface area contributed by atoms with Gasteiger partial charge in [-0.1, -0.05) is 90.9 Å². The molecule has 0 aliphatic heterocycles. The fourth-order valence-electron chi connectivity index (χ4n) is 4.53. The number of hydrogen-bond acceptors (Lipinski definition) is 4. The lowest BCUT2D eigenvalue weighted by Gasteiger charge is -2.41. The predicted octanol–water partition coefficient (Wildman–Crippen LogP) is 6.65. The van der Waals surface area contributed by atoms with E-state index in [4.69, 9.17) is 5.73 Å². The SMILES string of the molecule is CCCCCCCCCCCCCCCC(=O)N(C)C(C)(C)C(C)CNCCCCNCCCN. The second-order valence-corrected chi connectivity index (χ2v) is 11.3. The molecule has 5 heteroatoms. The van der Waals surface area contributed by atoms with E-state index in [0.717, 1.165) is 45.6 Å². The molecule has 0 aliphatic rings. The molecular weight excluding hydrogens is 432 g/mol. The van der Waals surface area contributed by atoms with Gasteiger partial charge in [0, 0.05) is 19.0 Å². The summed E-state index contributed by atoms with van der Waals surface area (Å²) < 4.78 is 0. The van der Waals surface area contributed by atoms with Crippen LogP contribution in [0.4, 0.5) is 0 Å². The van der Waals surface area contributed by atoms with Crippen molar-refractivity contribution in [2.45, 2.75) is 142 Å². The first-order valence-electron chi connectivity index (χ1n) is 15.3.